The minimum atomic E-state index is 0. The minimum absolute atomic E-state index is 0. The Morgan fingerprint density at radius 3 is 1.88 bits per heavy atom. The summed E-state index contributed by atoms with van der Waals surface area (Å²) in [6.45, 7) is 0. The van der Waals surface area contributed by atoms with Gasteiger partial charge in [0.15, 0.2) is 0 Å². The molecule has 2 aliphatic rings. The van der Waals surface area contributed by atoms with Crippen LogP contribution in [-0.4, -0.2) is 0 Å². The standard InChI is InChI=1S/C13H9.C13H11.C5H5.Zr/c1-3-7-12-10(5-1)9-11-6-2-4-8-13(11)12;1-3-7-12(8-4-1)11-13-9-5-2-6-10-13;1-2-4-5-3-1;/h1-5,7-8H,9H2;1-11H;1-3H,4H2;/q3*-1;+3. The summed E-state index contributed by atoms with van der Waals surface area (Å²) in [5.41, 5.74) is 8.00. The minimum Gasteiger partial charge on any atom is -0.273 e. The topological polar surface area (TPSA) is 0 Å². The summed E-state index contributed by atoms with van der Waals surface area (Å²) in [5, 5.41) is 0. The van der Waals surface area contributed by atoms with Crippen LogP contribution in [0.5, 0.6) is 0 Å². The second-order valence-corrected chi connectivity index (χ2v) is 7.37. The Hall–Kier alpha value is -2.89. The van der Waals surface area contributed by atoms with E-state index in [2.05, 4.69) is 110 Å². The van der Waals surface area contributed by atoms with Crippen molar-refractivity contribution in [2.24, 2.45) is 0 Å². The predicted molar refractivity (Wildman–Crippen MR) is 130 cm³/mol. The average Bonchev–Trinajstić information content (AvgIpc) is 3.53. The molecule has 0 heterocycles. The van der Waals surface area contributed by atoms with Gasteiger partial charge in [-0.25, -0.2) is 12.2 Å². The van der Waals surface area contributed by atoms with Gasteiger partial charge in [-0.3, -0.25) is 6.08 Å². The molecule has 0 bridgehead atoms. The molecule has 0 atom stereocenters. The molecule has 4 aromatic rings. The van der Waals surface area contributed by atoms with Crippen LogP contribution >= 0.6 is 0 Å². The van der Waals surface area contributed by atoms with Crippen LogP contribution in [0.2, 0.25) is 0 Å². The first-order valence-electron chi connectivity index (χ1n) is 10.6. The summed E-state index contributed by atoms with van der Waals surface area (Å²) in [5.74, 6) is 0. The third kappa shape index (κ3) is 6.81. The van der Waals surface area contributed by atoms with Crippen molar-refractivity contribution < 1.29 is 26.2 Å². The maximum absolute atomic E-state index is 3.30. The molecule has 1 heteroatoms. The van der Waals surface area contributed by atoms with Crippen LogP contribution in [0.25, 0.3) is 11.1 Å². The van der Waals surface area contributed by atoms with Crippen LogP contribution in [-0.2, 0) is 32.6 Å². The van der Waals surface area contributed by atoms with Gasteiger partial charge >= 0.3 is 26.2 Å². The van der Waals surface area contributed by atoms with Gasteiger partial charge < -0.3 is 0 Å². The molecule has 153 valence electrons. The summed E-state index contributed by atoms with van der Waals surface area (Å²) in [4.78, 5) is 0. The number of allylic oxidation sites excluding steroid dienone is 4. The van der Waals surface area contributed by atoms with Crippen molar-refractivity contribution in [2.75, 3.05) is 0 Å². The van der Waals surface area contributed by atoms with Gasteiger partial charge in [-0.05, 0) is 6.42 Å². The van der Waals surface area contributed by atoms with Crippen molar-refractivity contribution in [3.05, 3.63) is 162 Å². The third-order valence-electron chi connectivity index (χ3n) is 5.13. The molecule has 0 amide bonds. The van der Waals surface area contributed by atoms with E-state index in [-0.39, 0.29) is 26.2 Å². The van der Waals surface area contributed by atoms with E-state index in [9.17, 15) is 0 Å². The van der Waals surface area contributed by atoms with Gasteiger partial charge in [-0.2, -0.15) is 35.9 Å². The first-order valence-corrected chi connectivity index (χ1v) is 10.6. The van der Waals surface area contributed by atoms with Crippen molar-refractivity contribution in [3.63, 3.8) is 0 Å². The van der Waals surface area contributed by atoms with Gasteiger partial charge in [0.25, 0.3) is 0 Å². The Morgan fingerprint density at radius 1 is 0.656 bits per heavy atom. The quantitative estimate of drug-likeness (QED) is 0.224. The second-order valence-electron chi connectivity index (χ2n) is 7.37. The van der Waals surface area contributed by atoms with Crippen LogP contribution in [0.3, 0.4) is 0 Å². The summed E-state index contributed by atoms with van der Waals surface area (Å²) in [6.07, 6.45) is 13.2. The van der Waals surface area contributed by atoms with Gasteiger partial charge in [0.05, 0.1) is 0 Å². The van der Waals surface area contributed by atoms with Gasteiger partial charge in [-0.1, -0.05) is 71.8 Å². The van der Waals surface area contributed by atoms with Crippen LogP contribution in [0.1, 0.15) is 28.7 Å². The summed E-state index contributed by atoms with van der Waals surface area (Å²) >= 11 is 0. The number of hydrogen-bond donors (Lipinski definition) is 0. The normalized spacial score (nSPS) is 11.6. The number of rotatable bonds is 2. The second kappa shape index (κ2) is 12.8. The third-order valence-corrected chi connectivity index (χ3v) is 5.13. The van der Waals surface area contributed by atoms with Crippen LogP contribution in [0.4, 0.5) is 0 Å². The van der Waals surface area contributed by atoms with Gasteiger partial charge in [-0.15, -0.1) is 53.8 Å². The molecule has 0 aromatic heterocycles. The molecule has 0 saturated heterocycles. The van der Waals surface area contributed by atoms with Gasteiger partial charge in [0.2, 0.25) is 0 Å². The Morgan fingerprint density at radius 2 is 1.28 bits per heavy atom. The number of benzene rings is 4. The molecule has 0 saturated carbocycles. The largest absolute Gasteiger partial charge is 3.00 e. The SMILES string of the molecule is [C-]1=CC=CC1.[Zr+3].[c-]1cccc2c1Cc1ccccc1-2.c1ccc([CH-]c2ccccc2)cc1. The smallest absolute Gasteiger partial charge is 0.273 e. The monoisotopic (exact) mass is 487 g/mol. The van der Waals surface area contributed by atoms with E-state index < -0.39 is 0 Å². The maximum Gasteiger partial charge on any atom is 3.00 e. The van der Waals surface area contributed by atoms with E-state index in [4.69, 9.17) is 0 Å². The summed E-state index contributed by atoms with van der Waals surface area (Å²) < 4.78 is 0. The summed E-state index contributed by atoms with van der Waals surface area (Å²) in [7, 11) is 0. The molecule has 0 N–H and O–H groups in total. The van der Waals surface area contributed by atoms with Gasteiger partial charge in [0.1, 0.15) is 0 Å². The van der Waals surface area contributed by atoms with Crippen molar-refractivity contribution in [1.29, 1.82) is 0 Å². The molecule has 0 unspecified atom stereocenters. The molecule has 32 heavy (non-hydrogen) atoms. The predicted octanol–water partition coefficient (Wildman–Crippen LogP) is 7.65. The van der Waals surface area contributed by atoms with Crippen molar-refractivity contribution in [3.8, 4) is 11.1 Å². The zero-order valence-corrected chi connectivity index (χ0v) is 20.5. The van der Waals surface area contributed by atoms with E-state index in [0.717, 1.165) is 12.8 Å². The molecular weight excluding hydrogens is 464 g/mol. The van der Waals surface area contributed by atoms with E-state index in [1.807, 2.05) is 30.4 Å². The van der Waals surface area contributed by atoms with E-state index >= 15 is 0 Å². The molecule has 6 rings (SSSR count). The van der Waals surface area contributed by atoms with Crippen LogP contribution in [0, 0.1) is 18.6 Å². The number of hydrogen-bond acceptors (Lipinski definition) is 0. The Kier molecular flexibility index (Phi) is 9.54. The molecule has 1 radical (unpaired) electrons. The Labute approximate surface area is 211 Å². The molecule has 2 aliphatic carbocycles. The molecule has 0 aliphatic heterocycles. The number of fused-ring (bicyclic) bond motifs is 3. The summed E-state index contributed by atoms with van der Waals surface area (Å²) in [6, 6.07) is 38.8. The van der Waals surface area contributed by atoms with E-state index in [1.165, 1.54) is 33.4 Å². The Balaban J connectivity index is 0.000000145. The fourth-order valence-corrected chi connectivity index (χ4v) is 3.63. The van der Waals surface area contributed by atoms with E-state index in [1.54, 1.807) is 0 Å². The van der Waals surface area contributed by atoms with Crippen LogP contribution < -0.4 is 0 Å². The molecular formula is C31H25Zr. The zero-order valence-electron chi connectivity index (χ0n) is 18.0. The van der Waals surface area contributed by atoms with Gasteiger partial charge in [0, 0.05) is 0 Å². The maximum atomic E-state index is 3.30. The fourth-order valence-electron chi connectivity index (χ4n) is 3.63. The molecule has 4 aromatic carbocycles. The zero-order chi connectivity index (χ0) is 21.1. The molecule has 0 fully saturated rings. The van der Waals surface area contributed by atoms with E-state index in [0.29, 0.717) is 0 Å². The average molecular weight is 489 g/mol. The first kappa shape index (κ1) is 23.8. The first-order chi connectivity index (χ1) is 15.4. The Bertz CT molecular complexity index is 1050. The molecule has 0 nitrogen and oxygen atoms in total. The van der Waals surface area contributed by atoms with Crippen molar-refractivity contribution in [2.45, 2.75) is 12.8 Å². The van der Waals surface area contributed by atoms with Crippen molar-refractivity contribution >= 4 is 0 Å². The van der Waals surface area contributed by atoms with Crippen LogP contribution in [0.15, 0.2) is 121 Å². The molecule has 0 spiro atoms. The fraction of sp³-hybridized carbons (Fsp3) is 0.0645. The van der Waals surface area contributed by atoms with Crippen molar-refractivity contribution in [1.82, 2.24) is 0 Å².